The van der Waals surface area contributed by atoms with Crippen LogP contribution in [-0.4, -0.2) is 29.3 Å². The number of halogens is 1. The van der Waals surface area contributed by atoms with Crippen LogP contribution in [0.1, 0.15) is 43.9 Å². The molecule has 0 unspecified atom stereocenters. The van der Waals surface area contributed by atoms with Crippen molar-refractivity contribution in [3.8, 4) is 5.69 Å². The summed E-state index contributed by atoms with van der Waals surface area (Å²) < 4.78 is 1.81. The smallest absolute Gasteiger partial charge is 0.225 e. The van der Waals surface area contributed by atoms with Gasteiger partial charge < -0.3 is 10.6 Å². The summed E-state index contributed by atoms with van der Waals surface area (Å²) in [5, 5.41) is 10.7. The van der Waals surface area contributed by atoms with Gasteiger partial charge in [0, 0.05) is 12.5 Å². The van der Waals surface area contributed by atoms with Crippen molar-refractivity contribution in [2.45, 2.75) is 39.5 Å². The highest BCUT2D eigenvalue weighted by molar-refractivity contribution is 5.90. The lowest BCUT2D eigenvalue weighted by Crippen LogP contribution is -2.17. The molecule has 2 N–H and O–H groups in total. The van der Waals surface area contributed by atoms with Gasteiger partial charge in [-0.05, 0) is 45.0 Å². The molecular weight excluding hydrogens is 324 g/mol. The number of hydrogen-bond acceptors (Lipinski definition) is 3. The van der Waals surface area contributed by atoms with E-state index in [0.717, 1.165) is 30.2 Å². The van der Waals surface area contributed by atoms with Crippen LogP contribution in [0.4, 0.5) is 5.82 Å². The molecule has 1 aromatic heterocycles. The number of carbonyl (C=O) groups is 1. The predicted molar refractivity (Wildman–Crippen MR) is 101 cm³/mol. The molecule has 6 heteroatoms. The molecule has 1 amide bonds. The van der Waals surface area contributed by atoms with Gasteiger partial charge in [-0.1, -0.05) is 31.5 Å². The van der Waals surface area contributed by atoms with Crippen LogP contribution in [0.25, 0.3) is 5.69 Å². The monoisotopic (exact) mass is 350 g/mol. The summed E-state index contributed by atoms with van der Waals surface area (Å²) in [5.74, 6) is 1.05. The van der Waals surface area contributed by atoms with E-state index < -0.39 is 0 Å². The van der Waals surface area contributed by atoms with Gasteiger partial charge in [0.05, 0.1) is 11.4 Å². The fourth-order valence-electron chi connectivity index (χ4n) is 2.28. The number of nitrogens with zero attached hydrogens (tertiary/aromatic N) is 2. The molecule has 132 valence electrons. The van der Waals surface area contributed by atoms with Crippen LogP contribution in [0.2, 0.25) is 0 Å². The first kappa shape index (κ1) is 20.2. The Morgan fingerprint density at radius 3 is 2.50 bits per heavy atom. The Labute approximate surface area is 150 Å². The molecule has 1 heterocycles. The van der Waals surface area contributed by atoms with Crippen molar-refractivity contribution in [2.24, 2.45) is 0 Å². The molecule has 0 saturated carbocycles. The van der Waals surface area contributed by atoms with Crippen LogP contribution < -0.4 is 10.6 Å². The number of aryl methyl sites for hydroxylation is 1. The lowest BCUT2D eigenvalue weighted by molar-refractivity contribution is -0.116. The van der Waals surface area contributed by atoms with Crippen LogP contribution in [0.15, 0.2) is 30.3 Å². The normalized spacial score (nSPS) is 10.5. The summed E-state index contributed by atoms with van der Waals surface area (Å²) in [4.78, 5) is 12.1. The summed E-state index contributed by atoms with van der Waals surface area (Å²) in [6.07, 6.45) is 1.31. The first-order chi connectivity index (χ1) is 11.0. The molecule has 2 rings (SSSR count). The maximum Gasteiger partial charge on any atom is 0.225 e. The first-order valence-corrected chi connectivity index (χ1v) is 8.12. The van der Waals surface area contributed by atoms with Crippen LogP contribution >= 0.6 is 12.4 Å². The summed E-state index contributed by atoms with van der Waals surface area (Å²) in [6, 6.07) is 10.1. The number of rotatable bonds is 7. The zero-order chi connectivity index (χ0) is 16.8. The van der Waals surface area contributed by atoms with E-state index in [-0.39, 0.29) is 18.3 Å². The summed E-state index contributed by atoms with van der Waals surface area (Å²) >= 11 is 0. The largest absolute Gasteiger partial charge is 0.320 e. The van der Waals surface area contributed by atoms with Crippen molar-refractivity contribution in [2.75, 3.05) is 18.9 Å². The molecule has 0 spiro atoms. The fraction of sp³-hybridized carbons (Fsp3) is 0.444. The highest BCUT2D eigenvalue weighted by atomic mass is 35.5. The maximum absolute atomic E-state index is 12.1. The van der Waals surface area contributed by atoms with Crippen molar-refractivity contribution >= 4 is 24.1 Å². The molecule has 0 atom stereocenters. The van der Waals surface area contributed by atoms with Crippen LogP contribution in [0.5, 0.6) is 0 Å². The number of benzene rings is 1. The quantitative estimate of drug-likeness (QED) is 0.749. The highest BCUT2D eigenvalue weighted by Gasteiger charge is 2.14. The number of amides is 1. The molecule has 2 aromatic rings. The summed E-state index contributed by atoms with van der Waals surface area (Å²) in [6.45, 7) is 7.08. The number of hydrogen-bond donors (Lipinski definition) is 2. The van der Waals surface area contributed by atoms with Gasteiger partial charge in [0.15, 0.2) is 0 Å². The summed E-state index contributed by atoms with van der Waals surface area (Å²) in [5.41, 5.74) is 3.12. The van der Waals surface area contributed by atoms with Gasteiger partial charge in [0.25, 0.3) is 0 Å². The Balaban J connectivity index is 0.00000288. The van der Waals surface area contributed by atoms with E-state index in [1.54, 1.807) is 0 Å². The number of nitrogens with one attached hydrogen (secondary N) is 2. The zero-order valence-corrected chi connectivity index (χ0v) is 15.6. The molecule has 0 aliphatic rings. The molecule has 0 fully saturated rings. The fourth-order valence-corrected chi connectivity index (χ4v) is 2.28. The molecule has 1 aromatic carbocycles. The van der Waals surface area contributed by atoms with E-state index in [1.165, 1.54) is 5.56 Å². The van der Waals surface area contributed by atoms with Gasteiger partial charge in [0.2, 0.25) is 5.91 Å². The van der Waals surface area contributed by atoms with Crippen molar-refractivity contribution in [1.82, 2.24) is 15.1 Å². The highest BCUT2D eigenvalue weighted by Crippen LogP contribution is 2.22. The molecular formula is C18H27ClN4O. The van der Waals surface area contributed by atoms with Crippen LogP contribution in [0, 0.1) is 6.92 Å². The maximum atomic E-state index is 12.1. The predicted octanol–water partition coefficient (Wildman–Crippen LogP) is 3.66. The first-order valence-electron chi connectivity index (χ1n) is 8.12. The Hall–Kier alpha value is -1.85. The second-order valence-electron chi connectivity index (χ2n) is 6.11. The van der Waals surface area contributed by atoms with E-state index in [2.05, 4.69) is 36.5 Å². The van der Waals surface area contributed by atoms with Gasteiger partial charge in [-0.2, -0.15) is 5.10 Å². The van der Waals surface area contributed by atoms with Crippen molar-refractivity contribution in [3.05, 3.63) is 41.6 Å². The molecule has 24 heavy (non-hydrogen) atoms. The molecule has 0 radical (unpaired) electrons. The zero-order valence-electron chi connectivity index (χ0n) is 14.8. The third-order valence-corrected chi connectivity index (χ3v) is 3.70. The second-order valence-corrected chi connectivity index (χ2v) is 6.11. The van der Waals surface area contributed by atoms with E-state index >= 15 is 0 Å². The molecule has 0 aliphatic heterocycles. The van der Waals surface area contributed by atoms with E-state index in [1.807, 2.05) is 42.1 Å². The SMILES string of the molecule is CNCCCC(=O)Nc1cc(C(C)C)nn1-c1ccc(C)cc1.Cl. The minimum atomic E-state index is 0. The van der Waals surface area contributed by atoms with Gasteiger partial charge >= 0.3 is 0 Å². The minimum absolute atomic E-state index is 0. The molecule has 0 bridgehead atoms. The van der Waals surface area contributed by atoms with Gasteiger partial charge in [-0.3, -0.25) is 4.79 Å². The average Bonchev–Trinajstić information content (AvgIpc) is 2.92. The molecule has 0 aliphatic carbocycles. The topological polar surface area (TPSA) is 59.0 Å². The van der Waals surface area contributed by atoms with Crippen LogP contribution in [0.3, 0.4) is 0 Å². The standard InChI is InChI=1S/C18H26N4O.ClH/c1-13(2)16-12-17(20-18(23)6-5-11-19-4)22(21-16)15-9-7-14(3)8-10-15;/h7-10,12-13,19H,5-6,11H2,1-4H3,(H,20,23);1H. The van der Waals surface area contributed by atoms with Gasteiger partial charge in [0.1, 0.15) is 5.82 Å². The van der Waals surface area contributed by atoms with Gasteiger partial charge in [-0.15, -0.1) is 12.4 Å². The Morgan fingerprint density at radius 1 is 1.25 bits per heavy atom. The third-order valence-electron chi connectivity index (χ3n) is 3.70. The Kier molecular flexibility index (Phi) is 7.95. The minimum Gasteiger partial charge on any atom is -0.320 e. The van der Waals surface area contributed by atoms with Crippen molar-refractivity contribution in [3.63, 3.8) is 0 Å². The molecule has 0 saturated heterocycles. The van der Waals surface area contributed by atoms with Crippen LogP contribution in [-0.2, 0) is 4.79 Å². The lowest BCUT2D eigenvalue weighted by Gasteiger charge is -2.09. The Morgan fingerprint density at radius 2 is 1.92 bits per heavy atom. The number of carbonyl (C=O) groups excluding carboxylic acids is 1. The second kappa shape index (κ2) is 9.45. The van der Waals surface area contributed by atoms with Gasteiger partial charge in [-0.25, -0.2) is 4.68 Å². The van der Waals surface area contributed by atoms with E-state index in [4.69, 9.17) is 0 Å². The Bertz CT molecular complexity index is 650. The average molecular weight is 351 g/mol. The number of aromatic nitrogens is 2. The lowest BCUT2D eigenvalue weighted by atomic mass is 10.1. The third kappa shape index (κ3) is 5.35. The molecule has 5 nitrogen and oxygen atoms in total. The summed E-state index contributed by atoms with van der Waals surface area (Å²) in [7, 11) is 1.89. The van der Waals surface area contributed by atoms with E-state index in [0.29, 0.717) is 12.3 Å². The van der Waals surface area contributed by atoms with Crippen molar-refractivity contribution < 1.29 is 4.79 Å². The van der Waals surface area contributed by atoms with E-state index in [9.17, 15) is 4.79 Å². The van der Waals surface area contributed by atoms with Crippen molar-refractivity contribution in [1.29, 1.82) is 0 Å². The number of anilines is 1.